The van der Waals surface area contributed by atoms with E-state index in [1.54, 1.807) is 31.1 Å². The first kappa shape index (κ1) is 14.2. The minimum atomic E-state index is -0.204. The molecule has 0 aliphatic heterocycles. The van der Waals surface area contributed by atoms with E-state index >= 15 is 0 Å². The molecule has 0 amide bonds. The number of rotatable bonds is 2. The summed E-state index contributed by atoms with van der Waals surface area (Å²) in [7, 11) is 3.37. The van der Waals surface area contributed by atoms with Crippen LogP contribution in [0.3, 0.4) is 0 Å². The molecule has 2 aromatic rings. The van der Waals surface area contributed by atoms with Gasteiger partial charge in [0.05, 0.1) is 13.3 Å². The average molecular weight is 275 g/mol. The topological polar surface area (TPSA) is 73.3 Å². The third-order valence-electron chi connectivity index (χ3n) is 3.40. The summed E-state index contributed by atoms with van der Waals surface area (Å²) >= 11 is 0. The van der Waals surface area contributed by atoms with Crippen molar-refractivity contribution in [3.8, 4) is 22.6 Å². The largest absolute Gasteiger partial charge is 0.507 e. The highest BCUT2D eigenvalue weighted by atomic mass is 16.5. The zero-order chi connectivity index (χ0) is 15.1. The van der Waals surface area contributed by atoms with Gasteiger partial charge in [0.1, 0.15) is 17.3 Å². The fourth-order valence-electron chi connectivity index (χ4n) is 2.16. The Morgan fingerprint density at radius 1 is 1.25 bits per heavy atom. The Morgan fingerprint density at radius 3 is 2.35 bits per heavy atom. The van der Waals surface area contributed by atoms with Crippen LogP contribution in [0.1, 0.15) is 26.3 Å². The molecule has 5 nitrogen and oxygen atoms in total. The molecule has 5 heteroatoms. The molecule has 20 heavy (non-hydrogen) atoms. The molecule has 0 aliphatic rings. The van der Waals surface area contributed by atoms with E-state index in [9.17, 15) is 5.11 Å². The second kappa shape index (κ2) is 4.74. The second-order valence-electron chi connectivity index (χ2n) is 5.89. The number of hydrogen-bond acceptors (Lipinski definition) is 4. The van der Waals surface area contributed by atoms with Crippen LogP contribution in [-0.4, -0.2) is 22.0 Å². The van der Waals surface area contributed by atoms with Gasteiger partial charge in [-0.05, 0) is 17.5 Å². The van der Waals surface area contributed by atoms with Crippen LogP contribution >= 0.6 is 0 Å². The Kier molecular flexibility index (Phi) is 3.38. The minimum Gasteiger partial charge on any atom is -0.507 e. The lowest BCUT2D eigenvalue weighted by atomic mass is 9.84. The third kappa shape index (κ3) is 2.31. The van der Waals surface area contributed by atoms with E-state index in [1.165, 1.54) is 0 Å². The molecule has 0 aliphatic carbocycles. The number of nitrogens with two attached hydrogens (primary N) is 1. The summed E-state index contributed by atoms with van der Waals surface area (Å²) in [5.74, 6) is 1.41. The summed E-state index contributed by atoms with van der Waals surface area (Å²) in [6, 6.07) is 3.63. The summed E-state index contributed by atoms with van der Waals surface area (Å²) in [6.07, 6.45) is 1.65. The molecule has 1 aromatic carbocycles. The molecule has 1 heterocycles. The van der Waals surface area contributed by atoms with Crippen molar-refractivity contribution < 1.29 is 9.84 Å². The summed E-state index contributed by atoms with van der Waals surface area (Å²) in [6.45, 7) is 6.12. The van der Waals surface area contributed by atoms with Crippen LogP contribution in [0.15, 0.2) is 18.3 Å². The molecule has 2 rings (SSSR count). The maximum Gasteiger partial charge on any atom is 0.129 e. The van der Waals surface area contributed by atoms with Crippen molar-refractivity contribution in [2.75, 3.05) is 12.8 Å². The Balaban J connectivity index is 2.73. The Bertz CT molecular complexity index is 639. The van der Waals surface area contributed by atoms with Crippen LogP contribution in [0.4, 0.5) is 5.82 Å². The highest BCUT2D eigenvalue weighted by Crippen LogP contribution is 2.42. The van der Waals surface area contributed by atoms with Gasteiger partial charge in [-0.15, -0.1) is 0 Å². The van der Waals surface area contributed by atoms with Gasteiger partial charge in [-0.2, -0.15) is 5.10 Å². The van der Waals surface area contributed by atoms with Crippen LogP contribution in [-0.2, 0) is 12.5 Å². The lowest BCUT2D eigenvalue weighted by molar-refractivity contribution is 0.406. The van der Waals surface area contributed by atoms with Gasteiger partial charge in [0.2, 0.25) is 0 Å². The molecule has 0 unspecified atom stereocenters. The van der Waals surface area contributed by atoms with Gasteiger partial charge in [-0.25, -0.2) is 0 Å². The van der Waals surface area contributed by atoms with Gasteiger partial charge < -0.3 is 15.6 Å². The van der Waals surface area contributed by atoms with Crippen molar-refractivity contribution in [3.63, 3.8) is 0 Å². The molecule has 0 atom stereocenters. The Morgan fingerprint density at radius 2 is 1.90 bits per heavy atom. The van der Waals surface area contributed by atoms with E-state index in [0.717, 1.165) is 5.56 Å². The molecule has 0 saturated heterocycles. The number of aromatic hydroxyl groups is 1. The lowest BCUT2D eigenvalue weighted by Crippen LogP contribution is -2.12. The van der Waals surface area contributed by atoms with Crippen LogP contribution < -0.4 is 10.5 Å². The molecular formula is C15H21N3O2. The van der Waals surface area contributed by atoms with Crippen molar-refractivity contribution in [1.82, 2.24) is 9.78 Å². The van der Waals surface area contributed by atoms with E-state index in [2.05, 4.69) is 5.10 Å². The van der Waals surface area contributed by atoms with Gasteiger partial charge in [-0.3, -0.25) is 4.68 Å². The fraction of sp³-hybridized carbons (Fsp3) is 0.400. The van der Waals surface area contributed by atoms with Crippen molar-refractivity contribution in [1.29, 1.82) is 0 Å². The predicted octanol–water partition coefficient (Wildman–Crippen LogP) is 2.68. The number of ether oxygens (including phenoxy) is 1. The zero-order valence-corrected chi connectivity index (χ0v) is 12.6. The molecule has 0 radical (unpaired) electrons. The second-order valence-corrected chi connectivity index (χ2v) is 5.89. The highest BCUT2D eigenvalue weighted by molar-refractivity contribution is 5.80. The Labute approximate surface area is 119 Å². The molecule has 0 bridgehead atoms. The number of benzene rings is 1. The zero-order valence-electron chi connectivity index (χ0n) is 12.6. The molecule has 0 saturated carbocycles. The number of nitrogens with zero attached hydrogens (tertiary/aromatic N) is 2. The average Bonchev–Trinajstić information content (AvgIpc) is 2.69. The van der Waals surface area contributed by atoms with Crippen molar-refractivity contribution in [2.45, 2.75) is 26.2 Å². The Hall–Kier alpha value is -2.17. The number of aromatic nitrogens is 2. The van der Waals surface area contributed by atoms with E-state index in [4.69, 9.17) is 10.5 Å². The number of hydrogen-bond donors (Lipinski definition) is 2. The lowest BCUT2D eigenvalue weighted by Gasteiger charge is -2.23. The maximum absolute atomic E-state index is 10.6. The predicted molar refractivity (Wildman–Crippen MR) is 80.0 cm³/mol. The van der Waals surface area contributed by atoms with Gasteiger partial charge in [0, 0.05) is 23.7 Å². The van der Waals surface area contributed by atoms with Gasteiger partial charge in [0.15, 0.2) is 0 Å². The number of aryl methyl sites for hydroxylation is 1. The molecular weight excluding hydrogens is 254 g/mol. The molecule has 0 fully saturated rings. The molecule has 0 spiro atoms. The fourth-order valence-corrected chi connectivity index (χ4v) is 2.16. The summed E-state index contributed by atoms with van der Waals surface area (Å²) < 4.78 is 6.91. The first-order chi connectivity index (χ1) is 9.25. The SMILES string of the molecule is COc1cc(-c2cnn(C)c2N)c(O)c(C(C)(C)C)c1. The van der Waals surface area contributed by atoms with E-state index in [-0.39, 0.29) is 11.2 Å². The number of nitrogen functional groups attached to an aromatic ring is 1. The summed E-state index contributed by atoms with van der Waals surface area (Å²) in [5, 5.41) is 14.7. The maximum atomic E-state index is 10.6. The number of methoxy groups -OCH3 is 1. The van der Waals surface area contributed by atoms with Crippen molar-refractivity contribution in [2.24, 2.45) is 7.05 Å². The van der Waals surface area contributed by atoms with Crippen LogP contribution in [0.5, 0.6) is 11.5 Å². The minimum absolute atomic E-state index is 0.204. The van der Waals surface area contributed by atoms with Gasteiger partial charge in [0.25, 0.3) is 0 Å². The van der Waals surface area contributed by atoms with E-state index in [0.29, 0.717) is 22.7 Å². The van der Waals surface area contributed by atoms with E-state index < -0.39 is 0 Å². The quantitative estimate of drug-likeness (QED) is 0.883. The first-order valence-corrected chi connectivity index (χ1v) is 6.45. The third-order valence-corrected chi connectivity index (χ3v) is 3.40. The first-order valence-electron chi connectivity index (χ1n) is 6.45. The molecule has 108 valence electrons. The number of phenolic OH excluding ortho intramolecular Hbond substituents is 1. The monoisotopic (exact) mass is 275 g/mol. The number of anilines is 1. The normalized spacial score (nSPS) is 11.7. The van der Waals surface area contributed by atoms with Gasteiger partial charge in [-0.1, -0.05) is 20.8 Å². The summed E-state index contributed by atoms with van der Waals surface area (Å²) in [4.78, 5) is 0. The number of phenols is 1. The van der Waals surface area contributed by atoms with Crippen molar-refractivity contribution in [3.05, 3.63) is 23.9 Å². The van der Waals surface area contributed by atoms with Crippen LogP contribution in [0, 0.1) is 0 Å². The van der Waals surface area contributed by atoms with Crippen LogP contribution in [0.25, 0.3) is 11.1 Å². The van der Waals surface area contributed by atoms with Gasteiger partial charge >= 0.3 is 0 Å². The smallest absolute Gasteiger partial charge is 0.129 e. The standard InChI is InChI=1S/C15H21N3O2/c1-15(2,3)12-7-9(20-5)6-10(13(12)19)11-8-17-18(4)14(11)16/h6-8,19H,16H2,1-5H3. The molecule has 1 aromatic heterocycles. The van der Waals surface area contributed by atoms with Crippen LogP contribution in [0.2, 0.25) is 0 Å². The summed E-state index contributed by atoms with van der Waals surface area (Å²) in [5.41, 5.74) is 7.96. The highest BCUT2D eigenvalue weighted by Gasteiger charge is 2.23. The van der Waals surface area contributed by atoms with E-state index in [1.807, 2.05) is 26.8 Å². The van der Waals surface area contributed by atoms with Crippen molar-refractivity contribution >= 4 is 5.82 Å². The molecule has 3 N–H and O–H groups in total.